The summed E-state index contributed by atoms with van der Waals surface area (Å²) in [5.41, 5.74) is 8.25. The minimum absolute atomic E-state index is 0.692. The van der Waals surface area contributed by atoms with Crippen molar-refractivity contribution in [3.63, 3.8) is 0 Å². The lowest BCUT2D eigenvalue weighted by Crippen LogP contribution is -2.26. The average Bonchev–Trinajstić information content (AvgIpc) is 2.29. The first-order valence-corrected chi connectivity index (χ1v) is 5.93. The summed E-state index contributed by atoms with van der Waals surface area (Å²) >= 11 is 0. The summed E-state index contributed by atoms with van der Waals surface area (Å²) < 4.78 is 5.78. The van der Waals surface area contributed by atoms with Gasteiger partial charge in [0.05, 0.1) is 6.61 Å². The molecule has 1 heterocycles. The molecule has 3 heteroatoms. The molecule has 2 N–H and O–H groups in total. The third kappa shape index (κ3) is 2.54. The highest BCUT2D eigenvalue weighted by Gasteiger charge is 2.16. The predicted molar refractivity (Wildman–Crippen MR) is 65.6 cm³/mol. The van der Waals surface area contributed by atoms with E-state index in [2.05, 4.69) is 30.1 Å². The number of likely N-dealkylation sites (N-methyl/N-ethyl adjacent to an activating group) is 1. The van der Waals surface area contributed by atoms with Crippen molar-refractivity contribution < 1.29 is 4.74 Å². The molecular formula is C13H20N2O. The van der Waals surface area contributed by atoms with Crippen molar-refractivity contribution >= 4 is 0 Å². The minimum Gasteiger partial charge on any atom is -0.493 e. The molecule has 1 aromatic rings. The van der Waals surface area contributed by atoms with Crippen LogP contribution in [-0.2, 0) is 13.0 Å². The van der Waals surface area contributed by atoms with Gasteiger partial charge >= 0.3 is 0 Å². The summed E-state index contributed by atoms with van der Waals surface area (Å²) in [5.74, 6) is 1.05. The van der Waals surface area contributed by atoms with Crippen molar-refractivity contribution in [1.29, 1.82) is 0 Å². The molecule has 0 unspecified atom stereocenters. The van der Waals surface area contributed by atoms with Crippen LogP contribution in [0.2, 0.25) is 0 Å². The molecule has 0 aliphatic carbocycles. The van der Waals surface area contributed by atoms with Gasteiger partial charge in [-0.3, -0.25) is 0 Å². The highest BCUT2D eigenvalue weighted by molar-refractivity contribution is 5.41. The topological polar surface area (TPSA) is 38.5 Å². The number of fused-ring (bicyclic) bond motifs is 1. The zero-order chi connectivity index (χ0) is 11.4. The summed E-state index contributed by atoms with van der Waals surface area (Å²) in [7, 11) is 2.16. The van der Waals surface area contributed by atoms with Gasteiger partial charge in [0.2, 0.25) is 0 Å². The van der Waals surface area contributed by atoms with Gasteiger partial charge in [-0.25, -0.2) is 0 Å². The highest BCUT2D eigenvalue weighted by atomic mass is 16.5. The lowest BCUT2D eigenvalue weighted by Gasteiger charge is -2.26. The first-order chi connectivity index (χ1) is 7.81. The number of ether oxygens (including phenoxy) is 1. The molecule has 0 saturated heterocycles. The van der Waals surface area contributed by atoms with Crippen LogP contribution in [0.3, 0.4) is 0 Å². The largest absolute Gasteiger partial charge is 0.493 e. The molecular weight excluding hydrogens is 200 g/mol. The second-order valence-corrected chi connectivity index (χ2v) is 4.37. The molecule has 0 fully saturated rings. The van der Waals surface area contributed by atoms with Gasteiger partial charge < -0.3 is 15.4 Å². The molecule has 2 rings (SSSR count). The normalized spacial score (nSPS) is 15.9. The molecule has 0 radical (unpaired) electrons. The van der Waals surface area contributed by atoms with Gasteiger partial charge in [-0.1, -0.05) is 12.1 Å². The van der Waals surface area contributed by atoms with Crippen LogP contribution in [-0.4, -0.2) is 31.6 Å². The number of rotatable bonds is 4. The zero-order valence-corrected chi connectivity index (χ0v) is 9.91. The predicted octanol–water partition coefficient (Wildman–Crippen LogP) is 1.40. The summed E-state index contributed by atoms with van der Waals surface area (Å²) in [6.45, 7) is 3.56. The second-order valence-electron chi connectivity index (χ2n) is 4.37. The smallest absolute Gasteiger partial charge is 0.122 e. The Morgan fingerprint density at radius 3 is 3.12 bits per heavy atom. The third-order valence-electron chi connectivity index (χ3n) is 3.02. The van der Waals surface area contributed by atoms with Crippen LogP contribution < -0.4 is 10.5 Å². The van der Waals surface area contributed by atoms with E-state index in [4.69, 9.17) is 10.5 Å². The van der Waals surface area contributed by atoms with Gasteiger partial charge in [-0.15, -0.1) is 0 Å². The van der Waals surface area contributed by atoms with Crippen LogP contribution >= 0.6 is 0 Å². The summed E-state index contributed by atoms with van der Waals surface area (Å²) in [4.78, 5) is 2.34. The third-order valence-corrected chi connectivity index (χ3v) is 3.02. The molecule has 0 saturated carbocycles. The highest BCUT2D eigenvalue weighted by Crippen LogP contribution is 2.27. The van der Waals surface area contributed by atoms with Crippen LogP contribution in [0.4, 0.5) is 0 Å². The fraction of sp³-hybridized carbons (Fsp3) is 0.538. The Bertz CT molecular complexity index is 352. The number of benzene rings is 1. The summed E-state index contributed by atoms with van der Waals surface area (Å²) in [6, 6.07) is 6.34. The van der Waals surface area contributed by atoms with E-state index in [0.29, 0.717) is 6.54 Å². The maximum atomic E-state index is 5.78. The fourth-order valence-electron chi connectivity index (χ4n) is 2.12. The molecule has 0 spiro atoms. The molecule has 0 bridgehead atoms. The molecule has 3 nitrogen and oxygen atoms in total. The summed E-state index contributed by atoms with van der Waals surface area (Å²) in [6.07, 6.45) is 2.01. The fourth-order valence-corrected chi connectivity index (χ4v) is 2.12. The molecule has 1 aliphatic heterocycles. The molecule has 16 heavy (non-hydrogen) atoms. The molecule has 0 atom stereocenters. The van der Waals surface area contributed by atoms with E-state index in [-0.39, 0.29) is 0 Å². The van der Waals surface area contributed by atoms with Crippen LogP contribution in [0.15, 0.2) is 18.2 Å². The monoisotopic (exact) mass is 220 g/mol. The minimum atomic E-state index is 0.692. The van der Waals surface area contributed by atoms with Gasteiger partial charge in [0.15, 0.2) is 0 Å². The van der Waals surface area contributed by atoms with Crippen molar-refractivity contribution in [2.75, 3.05) is 26.7 Å². The van der Waals surface area contributed by atoms with Crippen molar-refractivity contribution in [3.8, 4) is 5.75 Å². The molecule has 1 aliphatic rings. The molecule has 88 valence electrons. The van der Waals surface area contributed by atoms with Crippen molar-refractivity contribution in [2.45, 2.75) is 19.4 Å². The lowest BCUT2D eigenvalue weighted by molar-refractivity contribution is 0.287. The Morgan fingerprint density at radius 1 is 1.44 bits per heavy atom. The van der Waals surface area contributed by atoms with Crippen LogP contribution in [0.25, 0.3) is 0 Å². The SMILES string of the molecule is CN1CCc2c(cccc2OCCCN)C1. The maximum Gasteiger partial charge on any atom is 0.122 e. The standard InChI is InChI=1S/C13H20N2O/c1-15-8-6-12-11(10-15)4-2-5-13(12)16-9-3-7-14/h2,4-5H,3,6-10,14H2,1H3. The Morgan fingerprint density at radius 2 is 2.31 bits per heavy atom. The van der Waals surface area contributed by atoms with E-state index in [1.807, 2.05) is 0 Å². The van der Waals surface area contributed by atoms with Gasteiger partial charge in [-0.2, -0.15) is 0 Å². The van der Waals surface area contributed by atoms with E-state index in [1.165, 1.54) is 11.1 Å². The van der Waals surface area contributed by atoms with Crippen LogP contribution in [0.1, 0.15) is 17.5 Å². The molecule has 0 amide bonds. The number of nitrogens with zero attached hydrogens (tertiary/aromatic N) is 1. The second kappa shape index (κ2) is 5.32. The van der Waals surface area contributed by atoms with Gasteiger partial charge in [0, 0.05) is 13.1 Å². The van der Waals surface area contributed by atoms with Crippen LogP contribution in [0, 0.1) is 0 Å². The Kier molecular flexibility index (Phi) is 3.80. The van der Waals surface area contributed by atoms with Gasteiger partial charge in [0.25, 0.3) is 0 Å². The van der Waals surface area contributed by atoms with Crippen LogP contribution in [0.5, 0.6) is 5.75 Å². The first kappa shape index (κ1) is 11.4. The summed E-state index contributed by atoms with van der Waals surface area (Å²) in [5, 5.41) is 0. The zero-order valence-electron chi connectivity index (χ0n) is 9.91. The number of hydrogen-bond acceptors (Lipinski definition) is 3. The Hall–Kier alpha value is -1.06. The van der Waals surface area contributed by atoms with Crippen molar-refractivity contribution in [1.82, 2.24) is 4.90 Å². The Labute approximate surface area is 97.2 Å². The molecule has 1 aromatic carbocycles. The van der Waals surface area contributed by atoms with Gasteiger partial charge in [0.1, 0.15) is 5.75 Å². The lowest BCUT2D eigenvalue weighted by atomic mass is 9.99. The van der Waals surface area contributed by atoms with Crippen molar-refractivity contribution in [2.24, 2.45) is 5.73 Å². The average molecular weight is 220 g/mol. The van der Waals surface area contributed by atoms with E-state index in [9.17, 15) is 0 Å². The van der Waals surface area contributed by atoms with Crippen molar-refractivity contribution in [3.05, 3.63) is 29.3 Å². The van der Waals surface area contributed by atoms with E-state index < -0.39 is 0 Å². The van der Waals surface area contributed by atoms with E-state index in [0.717, 1.165) is 38.3 Å². The quantitative estimate of drug-likeness (QED) is 0.780. The molecule has 0 aromatic heterocycles. The van der Waals surface area contributed by atoms with E-state index in [1.54, 1.807) is 0 Å². The van der Waals surface area contributed by atoms with Gasteiger partial charge in [-0.05, 0) is 43.6 Å². The Balaban J connectivity index is 2.10. The first-order valence-electron chi connectivity index (χ1n) is 5.93. The van der Waals surface area contributed by atoms with E-state index >= 15 is 0 Å². The maximum absolute atomic E-state index is 5.78. The number of nitrogens with two attached hydrogens (primary N) is 1. The number of hydrogen-bond donors (Lipinski definition) is 1.